The number of anilines is 3. The zero-order chi connectivity index (χ0) is 32.2. The molecule has 0 radical (unpaired) electrons. The summed E-state index contributed by atoms with van der Waals surface area (Å²) < 4.78 is 0. The Balaban J connectivity index is 1.20. The van der Waals surface area contributed by atoms with Gasteiger partial charge in [0, 0.05) is 22.2 Å². The van der Waals surface area contributed by atoms with Crippen molar-refractivity contribution >= 4 is 38.6 Å². The van der Waals surface area contributed by atoms with Gasteiger partial charge in [0.1, 0.15) is 0 Å². The Hall–Kier alpha value is -5.92. The van der Waals surface area contributed by atoms with Crippen LogP contribution in [-0.4, -0.2) is 0 Å². The molecule has 0 N–H and O–H groups in total. The van der Waals surface area contributed by atoms with Crippen LogP contribution in [-0.2, 0) is 5.41 Å². The zero-order valence-electron chi connectivity index (χ0n) is 27.2. The smallest absolute Gasteiger partial charge is 0.0546 e. The molecule has 1 aliphatic carbocycles. The second-order valence-electron chi connectivity index (χ2n) is 13.4. The summed E-state index contributed by atoms with van der Waals surface area (Å²) in [6, 6.07) is 64.4. The Labute approximate surface area is 282 Å². The van der Waals surface area contributed by atoms with E-state index in [1.165, 1.54) is 71.7 Å². The van der Waals surface area contributed by atoms with Gasteiger partial charge in [-0.15, -0.1) is 0 Å². The minimum atomic E-state index is -0.0885. The molecule has 0 unspecified atom stereocenters. The zero-order valence-corrected chi connectivity index (χ0v) is 27.2. The molecule has 8 aromatic carbocycles. The lowest BCUT2D eigenvalue weighted by Crippen LogP contribution is -2.16. The van der Waals surface area contributed by atoms with E-state index in [0.29, 0.717) is 0 Å². The summed E-state index contributed by atoms with van der Waals surface area (Å²) in [5.74, 6) is 0. The molecule has 228 valence electrons. The van der Waals surface area contributed by atoms with Crippen LogP contribution in [0.2, 0.25) is 0 Å². The molecule has 0 saturated carbocycles. The van der Waals surface area contributed by atoms with Crippen molar-refractivity contribution in [2.45, 2.75) is 19.3 Å². The molecular formula is C47H35N. The van der Waals surface area contributed by atoms with E-state index in [1.54, 1.807) is 0 Å². The van der Waals surface area contributed by atoms with Crippen molar-refractivity contribution in [3.63, 3.8) is 0 Å². The van der Waals surface area contributed by atoms with E-state index in [0.717, 1.165) is 11.4 Å². The number of hydrogen-bond donors (Lipinski definition) is 0. The van der Waals surface area contributed by atoms with Gasteiger partial charge < -0.3 is 4.90 Å². The predicted molar refractivity (Wildman–Crippen MR) is 205 cm³/mol. The molecule has 0 fully saturated rings. The first-order valence-electron chi connectivity index (χ1n) is 16.8. The van der Waals surface area contributed by atoms with Crippen LogP contribution in [0.4, 0.5) is 17.1 Å². The van der Waals surface area contributed by atoms with Crippen LogP contribution in [0.15, 0.2) is 176 Å². The van der Waals surface area contributed by atoms with E-state index < -0.39 is 0 Å². The summed E-state index contributed by atoms with van der Waals surface area (Å²) in [4.78, 5) is 2.45. The number of rotatable bonds is 5. The normalized spacial score (nSPS) is 13.0. The molecule has 0 aromatic heterocycles. The quantitative estimate of drug-likeness (QED) is 0.175. The van der Waals surface area contributed by atoms with E-state index in [4.69, 9.17) is 0 Å². The highest BCUT2D eigenvalue weighted by molar-refractivity contribution is 6.15. The highest BCUT2D eigenvalue weighted by Gasteiger charge is 2.35. The average Bonchev–Trinajstić information content (AvgIpc) is 3.38. The summed E-state index contributed by atoms with van der Waals surface area (Å²) in [7, 11) is 0. The van der Waals surface area contributed by atoms with Crippen molar-refractivity contribution in [3.05, 3.63) is 187 Å². The fourth-order valence-electron chi connectivity index (χ4n) is 7.77. The molecule has 0 heterocycles. The summed E-state index contributed by atoms with van der Waals surface area (Å²) in [6.45, 7) is 4.71. The third kappa shape index (κ3) is 4.54. The van der Waals surface area contributed by atoms with Crippen molar-refractivity contribution in [1.29, 1.82) is 0 Å². The maximum atomic E-state index is 2.45. The molecule has 0 aliphatic heterocycles. The van der Waals surface area contributed by atoms with Crippen LogP contribution in [0.1, 0.15) is 25.0 Å². The average molecular weight is 614 g/mol. The minimum Gasteiger partial charge on any atom is -0.310 e. The lowest BCUT2D eigenvalue weighted by molar-refractivity contribution is 0.660. The van der Waals surface area contributed by atoms with Gasteiger partial charge >= 0.3 is 0 Å². The second-order valence-corrected chi connectivity index (χ2v) is 13.4. The lowest BCUT2D eigenvalue weighted by Gasteiger charge is -2.29. The molecule has 0 amide bonds. The van der Waals surface area contributed by atoms with Gasteiger partial charge in [-0.3, -0.25) is 0 Å². The van der Waals surface area contributed by atoms with Crippen molar-refractivity contribution in [2.75, 3.05) is 4.90 Å². The summed E-state index contributed by atoms with van der Waals surface area (Å²) in [6.07, 6.45) is 0. The van der Waals surface area contributed by atoms with Crippen LogP contribution < -0.4 is 4.90 Å². The van der Waals surface area contributed by atoms with Gasteiger partial charge in [-0.1, -0.05) is 159 Å². The van der Waals surface area contributed by atoms with Gasteiger partial charge in [-0.25, -0.2) is 0 Å². The van der Waals surface area contributed by atoms with Crippen molar-refractivity contribution < 1.29 is 0 Å². The predicted octanol–water partition coefficient (Wildman–Crippen LogP) is 13.1. The van der Waals surface area contributed by atoms with Gasteiger partial charge in [0.2, 0.25) is 0 Å². The summed E-state index contributed by atoms with van der Waals surface area (Å²) in [5.41, 5.74) is 13.7. The maximum absolute atomic E-state index is 2.45. The Bertz CT molecular complexity index is 2450. The maximum Gasteiger partial charge on any atom is 0.0546 e. The Morgan fingerprint density at radius 2 is 0.958 bits per heavy atom. The van der Waals surface area contributed by atoms with Gasteiger partial charge in [-0.05, 0) is 91.0 Å². The molecule has 1 nitrogen and oxygen atoms in total. The molecular weight excluding hydrogens is 579 g/mol. The van der Waals surface area contributed by atoms with Crippen molar-refractivity contribution in [3.8, 4) is 33.4 Å². The Morgan fingerprint density at radius 3 is 1.73 bits per heavy atom. The highest BCUT2D eigenvalue weighted by Crippen LogP contribution is 2.51. The van der Waals surface area contributed by atoms with E-state index in [9.17, 15) is 0 Å². The molecule has 0 atom stereocenters. The molecule has 1 aliphatic rings. The standard InChI is InChI=1S/C47H35N/c1-47(2)43-17-9-8-16-41(43)42-30-29-39(31-44(42)47)48(45-18-10-14-37-24-23-36-13-6-7-15-40(36)46(37)45)38-27-25-35(26-28-38)34-21-19-33(20-22-34)32-11-4-3-5-12-32/h3-31H,1-2H3. The molecule has 9 rings (SSSR count). The number of nitrogens with zero attached hydrogens (tertiary/aromatic N) is 1. The first kappa shape index (κ1) is 28.3. The monoisotopic (exact) mass is 613 g/mol. The lowest BCUT2D eigenvalue weighted by atomic mass is 9.82. The van der Waals surface area contributed by atoms with Gasteiger partial charge in [0.15, 0.2) is 0 Å². The molecule has 0 saturated heterocycles. The molecule has 1 heteroatoms. The molecule has 0 spiro atoms. The van der Waals surface area contributed by atoms with Crippen LogP contribution in [0.25, 0.3) is 54.9 Å². The minimum absolute atomic E-state index is 0.0885. The number of benzene rings is 8. The number of hydrogen-bond acceptors (Lipinski definition) is 1. The van der Waals surface area contributed by atoms with Gasteiger partial charge in [0.25, 0.3) is 0 Å². The summed E-state index contributed by atoms with van der Waals surface area (Å²) >= 11 is 0. The van der Waals surface area contributed by atoms with Gasteiger partial charge in [-0.2, -0.15) is 0 Å². The summed E-state index contributed by atoms with van der Waals surface area (Å²) in [5, 5.41) is 5.01. The van der Waals surface area contributed by atoms with Gasteiger partial charge in [0.05, 0.1) is 5.69 Å². The second kappa shape index (κ2) is 11.1. The van der Waals surface area contributed by atoms with Crippen LogP contribution >= 0.6 is 0 Å². The fraction of sp³-hybridized carbons (Fsp3) is 0.0638. The van der Waals surface area contributed by atoms with Crippen LogP contribution in [0.5, 0.6) is 0 Å². The Morgan fingerprint density at radius 1 is 0.396 bits per heavy atom. The number of fused-ring (bicyclic) bond motifs is 6. The van der Waals surface area contributed by atoms with E-state index >= 15 is 0 Å². The first-order chi connectivity index (χ1) is 23.6. The van der Waals surface area contributed by atoms with E-state index in [1.807, 2.05) is 0 Å². The van der Waals surface area contributed by atoms with E-state index in [2.05, 4.69) is 195 Å². The molecule has 0 bridgehead atoms. The van der Waals surface area contributed by atoms with Crippen LogP contribution in [0, 0.1) is 0 Å². The van der Waals surface area contributed by atoms with Crippen LogP contribution in [0.3, 0.4) is 0 Å². The SMILES string of the molecule is CC1(C)c2ccccc2-c2ccc(N(c3ccc(-c4ccc(-c5ccccc5)cc4)cc3)c3cccc4ccc5ccccc5c34)cc21. The highest BCUT2D eigenvalue weighted by atomic mass is 15.1. The topological polar surface area (TPSA) is 3.24 Å². The molecule has 48 heavy (non-hydrogen) atoms. The largest absolute Gasteiger partial charge is 0.310 e. The van der Waals surface area contributed by atoms with Crippen molar-refractivity contribution in [1.82, 2.24) is 0 Å². The first-order valence-corrected chi connectivity index (χ1v) is 16.8. The third-order valence-electron chi connectivity index (χ3n) is 10.3. The molecule has 8 aromatic rings. The fourth-order valence-corrected chi connectivity index (χ4v) is 7.77. The third-order valence-corrected chi connectivity index (χ3v) is 10.3. The van der Waals surface area contributed by atoms with E-state index in [-0.39, 0.29) is 5.41 Å². The Kier molecular flexibility index (Phi) is 6.55. The van der Waals surface area contributed by atoms with Crippen molar-refractivity contribution in [2.24, 2.45) is 0 Å².